The lowest BCUT2D eigenvalue weighted by atomic mass is 10.0. The van der Waals surface area contributed by atoms with E-state index in [1.807, 2.05) is 18.2 Å². The highest BCUT2D eigenvalue weighted by Gasteiger charge is 2.30. The number of nitrogens with two attached hydrogens (primary N) is 1. The smallest absolute Gasteiger partial charge is 0.326 e. The molecule has 0 radical (unpaired) electrons. The second-order valence-electron chi connectivity index (χ2n) is 9.15. The number of hydrogen-bond donors (Lipinski definition) is 8. The lowest BCUT2D eigenvalue weighted by Gasteiger charge is -2.24. The summed E-state index contributed by atoms with van der Waals surface area (Å²) in [5.74, 6) is -4.82. The van der Waals surface area contributed by atoms with E-state index in [1.165, 1.54) is 12.1 Å². The van der Waals surface area contributed by atoms with E-state index in [2.05, 4.69) is 20.9 Å². The molecule has 2 aromatic carbocycles. The maximum Gasteiger partial charge on any atom is 0.326 e. The third-order valence-electron chi connectivity index (χ3n) is 6.21. The summed E-state index contributed by atoms with van der Waals surface area (Å²) in [5.41, 5.74) is 7.47. The molecular weight excluding hydrogens is 522 g/mol. The van der Waals surface area contributed by atoms with Crippen molar-refractivity contribution in [1.29, 1.82) is 0 Å². The Morgan fingerprint density at radius 2 is 1.45 bits per heavy atom. The molecule has 212 valence electrons. The summed E-state index contributed by atoms with van der Waals surface area (Å²) in [5, 5.41) is 36.3. The van der Waals surface area contributed by atoms with E-state index in [-0.39, 0.29) is 31.6 Å². The van der Waals surface area contributed by atoms with Gasteiger partial charge in [-0.2, -0.15) is 0 Å². The number of para-hydroxylation sites is 1. The molecular formula is C27H31N5O8. The minimum absolute atomic E-state index is 0.00956. The van der Waals surface area contributed by atoms with Gasteiger partial charge in [0.25, 0.3) is 0 Å². The monoisotopic (exact) mass is 553 g/mol. The van der Waals surface area contributed by atoms with Crippen LogP contribution in [0.25, 0.3) is 10.9 Å². The summed E-state index contributed by atoms with van der Waals surface area (Å²) in [7, 11) is 0. The Morgan fingerprint density at radius 1 is 0.825 bits per heavy atom. The van der Waals surface area contributed by atoms with Crippen LogP contribution in [0.15, 0.2) is 54.7 Å². The summed E-state index contributed by atoms with van der Waals surface area (Å²) < 4.78 is 0. The van der Waals surface area contributed by atoms with E-state index < -0.39 is 54.2 Å². The van der Waals surface area contributed by atoms with Gasteiger partial charge in [-0.25, -0.2) is 4.79 Å². The number of rotatable bonds is 14. The third-order valence-corrected chi connectivity index (χ3v) is 6.21. The molecule has 3 aromatic rings. The van der Waals surface area contributed by atoms with Gasteiger partial charge in [0.1, 0.15) is 23.9 Å². The van der Waals surface area contributed by atoms with Gasteiger partial charge in [0, 0.05) is 36.4 Å². The Morgan fingerprint density at radius 3 is 2.08 bits per heavy atom. The maximum absolute atomic E-state index is 13.4. The van der Waals surface area contributed by atoms with Crippen molar-refractivity contribution < 1.29 is 39.3 Å². The molecule has 0 bridgehead atoms. The molecule has 40 heavy (non-hydrogen) atoms. The molecule has 3 unspecified atom stereocenters. The highest BCUT2D eigenvalue weighted by molar-refractivity contribution is 5.94. The number of aromatic nitrogens is 1. The lowest BCUT2D eigenvalue weighted by Crippen LogP contribution is -2.57. The van der Waals surface area contributed by atoms with E-state index in [4.69, 9.17) is 10.8 Å². The van der Waals surface area contributed by atoms with Crippen molar-refractivity contribution in [3.05, 3.63) is 65.9 Å². The van der Waals surface area contributed by atoms with Crippen LogP contribution in [-0.2, 0) is 36.8 Å². The van der Waals surface area contributed by atoms with E-state index in [0.717, 1.165) is 10.9 Å². The fourth-order valence-electron chi connectivity index (χ4n) is 4.13. The molecule has 3 rings (SSSR count). The quantitative estimate of drug-likeness (QED) is 0.134. The third kappa shape index (κ3) is 8.30. The normalized spacial score (nSPS) is 13.1. The molecule has 1 aromatic heterocycles. The number of carbonyl (C=O) groups excluding carboxylic acids is 3. The van der Waals surface area contributed by atoms with Crippen LogP contribution in [0.1, 0.15) is 24.0 Å². The van der Waals surface area contributed by atoms with Crippen molar-refractivity contribution in [2.24, 2.45) is 5.73 Å². The number of benzene rings is 2. The van der Waals surface area contributed by atoms with Gasteiger partial charge in [-0.1, -0.05) is 30.3 Å². The van der Waals surface area contributed by atoms with E-state index in [1.54, 1.807) is 24.4 Å². The predicted molar refractivity (Wildman–Crippen MR) is 143 cm³/mol. The number of fused-ring (bicyclic) bond motifs is 1. The molecule has 3 amide bonds. The van der Waals surface area contributed by atoms with Gasteiger partial charge < -0.3 is 42.0 Å². The van der Waals surface area contributed by atoms with Gasteiger partial charge in [0.2, 0.25) is 17.7 Å². The van der Waals surface area contributed by atoms with Gasteiger partial charge in [-0.05, 0) is 35.7 Å². The van der Waals surface area contributed by atoms with Gasteiger partial charge >= 0.3 is 11.9 Å². The number of aliphatic carboxylic acids is 2. The number of aromatic hydroxyl groups is 1. The summed E-state index contributed by atoms with van der Waals surface area (Å²) in [4.78, 5) is 64.5. The van der Waals surface area contributed by atoms with E-state index in [9.17, 15) is 34.2 Å². The van der Waals surface area contributed by atoms with Crippen molar-refractivity contribution in [1.82, 2.24) is 20.9 Å². The molecule has 13 heteroatoms. The second kappa shape index (κ2) is 13.8. The molecule has 0 fully saturated rings. The zero-order valence-electron chi connectivity index (χ0n) is 21.4. The molecule has 1 heterocycles. The first-order chi connectivity index (χ1) is 19.1. The van der Waals surface area contributed by atoms with Crippen LogP contribution in [0.4, 0.5) is 0 Å². The number of carboxylic acid groups (broad SMARTS) is 2. The molecule has 0 saturated carbocycles. The summed E-state index contributed by atoms with van der Waals surface area (Å²) in [6, 6.07) is 9.32. The zero-order valence-corrected chi connectivity index (χ0v) is 21.4. The maximum atomic E-state index is 13.4. The van der Waals surface area contributed by atoms with Gasteiger partial charge in [-0.15, -0.1) is 0 Å². The SMILES string of the molecule is NCC(=O)NC(Cc1ccc(O)cc1)C(=O)NC(Cc1c[nH]c2ccccc12)C(=O)NC(CCC(=O)O)C(=O)O. The Hall–Kier alpha value is -4.91. The van der Waals surface area contributed by atoms with Gasteiger partial charge in [0.05, 0.1) is 6.54 Å². The Labute approximate surface area is 228 Å². The summed E-state index contributed by atoms with van der Waals surface area (Å²) >= 11 is 0. The molecule has 0 aliphatic carbocycles. The molecule has 13 nitrogen and oxygen atoms in total. The molecule has 0 saturated heterocycles. The standard InChI is InChI=1S/C27H31N5O8/c28-13-23(34)30-21(11-15-5-7-17(33)8-6-15)25(37)32-22(12-16-14-29-19-4-2-1-3-18(16)19)26(38)31-20(27(39)40)9-10-24(35)36/h1-8,14,20-22,29,33H,9-13,28H2,(H,30,34)(H,31,38)(H,32,37)(H,35,36)(H,39,40). The summed E-state index contributed by atoms with van der Waals surface area (Å²) in [6.45, 7) is -0.386. The Balaban J connectivity index is 1.88. The Kier molecular flexibility index (Phi) is 10.2. The highest BCUT2D eigenvalue weighted by Crippen LogP contribution is 2.20. The van der Waals surface area contributed by atoms with Crippen LogP contribution < -0.4 is 21.7 Å². The van der Waals surface area contributed by atoms with Crippen molar-refractivity contribution in [3.63, 3.8) is 0 Å². The van der Waals surface area contributed by atoms with Gasteiger partial charge in [-0.3, -0.25) is 19.2 Å². The number of carboxylic acids is 2. The second-order valence-corrected chi connectivity index (χ2v) is 9.15. The Bertz CT molecular complexity index is 1370. The fraction of sp³-hybridized carbons (Fsp3) is 0.296. The van der Waals surface area contributed by atoms with Crippen LogP contribution in [0.5, 0.6) is 5.75 Å². The first-order valence-electron chi connectivity index (χ1n) is 12.4. The average Bonchev–Trinajstić information content (AvgIpc) is 3.33. The number of carbonyl (C=O) groups is 5. The first kappa shape index (κ1) is 29.6. The number of aromatic amines is 1. The molecule has 0 aliphatic heterocycles. The van der Waals surface area contributed by atoms with Crippen molar-refractivity contribution in [2.75, 3.05) is 6.54 Å². The average molecular weight is 554 g/mol. The minimum Gasteiger partial charge on any atom is -0.508 e. The number of phenols is 1. The van der Waals surface area contributed by atoms with Crippen LogP contribution in [0.3, 0.4) is 0 Å². The summed E-state index contributed by atoms with van der Waals surface area (Å²) in [6.07, 6.45) is 0.788. The van der Waals surface area contributed by atoms with Crippen LogP contribution in [0, 0.1) is 0 Å². The largest absolute Gasteiger partial charge is 0.508 e. The number of H-pyrrole nitrogens is 1. The number of phenolic OH excluding ortho intramolecular Hbond substituents is 1. The fourth-order valence-corrected chi connectivity index (χ4v) is 4.13. The molecule has 9 N–H and O–H groups in total. The highest BCUT2D eigenvalue weighted by atomic mass is 16.4. The zero-order chi connectivity index (χ0) is 29.2. The van der Waals surface area contributed by atoms with Crippen molar-refractivity contribution >= 4 is 40.6 Å². The van der Waals surface area contributed by atoms with Crippen LogP contribution >= 0.6 is 0 Å². The molecule has 0 aliphatic rings. The van der Waals surface area contributed by atoms with Crippen molar-refractivity contribution in [2.45, 2.75) is 43.8 Å². The predicted octanol–water partition coefficient (Wildman–Crippen LogP) is 0.0212. The first-order valence-corrected chi connectivity index (χ1v) is 12.4. The minimum atomic E-state index is -1.50. The molecule has 0 spiro atoms. The van der Waals surface area contributed by atoms with Crippen LogP contribution in [0.2, 0.25) is 0 Å². The van der Waals surface area contributed by atoms with E-state index >= 15 is 0 Å². The topological polar surface area (TPSA) is 224 Å². The molecule has 3 atom stereocenters. The number of hydrogen-bond acceptors (Lipinski definition) is 7. The van der Waals surface area contributed by atoms with Crippen LogP contribution in [-0.4, -0.2) is 74.6 Å². The number of nitrogens with one attached hydrogen (secondary N) is 4. The lowest BCUT2D eigenvalue weighted by molar-refractivity contribution is -0.143. The van der Waals surface area contributed by atoms with Crippen molar-refractivity contribution in [3.8, 4) is 5.75 Å². The van der Waals surface area contributed by atoms with Gasteiger partial charge in [0.15, 0.2) is 0 Å². The van der Waals surface area contributed by atoms with E-state index in [0.29, 0.717) is 11.1 Å². The number of amides is 3.